The first-order valence-corrected chi connectivity index (χ1v) is 6.95. The first-order valence-electron chi connectivity index (χ1n) is 6.14. The fraction of sp³-hybridized carbons (Fsp3) is 0.385. The van der Waals surface area contributed by atoms with Gasteiger partial charge in [0.2, 0.25) is 0 Å². The number of nitrogens with two attached hydrogens (primary N) is 1. The van der Waals surface area contributed by atoms with E-state index in [-0.39, 0.29) is 5.78 Å². The lowest BCUT2D eigenvalue weighted by Crippen LogP contribution is -2.07. The second-order valence-electron chi connectivity index (χ2n) is 4.33. The number of nitrogen functional groups attached to an aromatic ring is 1. The molecule has 0 saturated heterocycles. The van der Waals surface area contributed by atoms with Gasteiger partial charge in [0.1, 0.15) is 12.3 Å². The third-order valence-electron chi connectivity index (χ3n) is 2.99. The van der Waals surface area contributed by atoms with Gasteiger partial charge in [-0.1, -0.05) is 0 Å². The largest absolute Gasteiger partial charge is 0.390 e. The number of anilines is 1. The molecule has 0 aliphatic carbocycles. The zero-order chi connectivity index (χ0) is 14.7. The number of hydrogen-bond acceptors (Lipinski definition) is 6. The molecule has 0 bridgehead atoms. The molecular formula is C13H17N3O3S. The number of carbonyl (C=O) groups is 1. The van der Waals surface area contributed by atoms with Crippen LogP contribution in [0.25, 0.3) is 10.6 Å². The van der Waals surface area contributed by atoms with Crippen molar-refractivity contribution in [3.05, 3.63) is 23.4 Å². The van der Waals surface area contributed by atoms with Crippen LogP contribution in [0.1, 0.15) is 15.9 Å². The zero-order valence-corrected chi connectivity index (χ0v) is 12.2. The average molecular weight is 295 g/mol. The number of aliphatic hydroxyl groups excluding tert-OH is 1. The highest BCUT2D eigenvalue weighted by molar-refractivity contribution is 7.19. The number of ketones is 1. The molecule has 2 aromatic heterocycles. The van der Waals surface area contributed by atoms with Gasteiger partial charge in [0.15, 0.2) is 5.78 Å². The summed E-state index contributed by atoms with van der Waals surface area (Å²) in [7, 11) is 1.64. The van der Waals surface area contributed by atoms with Crippen LogP contribution in [0.5, 0.6) is 0 Å². The van der Waals surface area contributed by atoms with E-state index in [1.54, 1.807) is 11.8 Å². The fourth-order valence-corrected chi connectivity index (χ4v) is 3.06. The highest BCUT2D eigenvalue weighted by Gasteiger charge is 2.20. The Morgan fingerprint density at radius 2 is 2.35 bits per heavy atom. The molecule has 0 atom stereocenters. The minimum atomic E-state index is -0.538. The van der Waals surface area contributed by atoms with Crippen molar-refractivity contribution in [2.75, 3.05) is 26.1 Å². The molecule has 0 unspecified atom stereocenters. The van der Waals surface area contributed by atoms with Gasteiger partial charge in [0.05, 0.1) is 28.6 Å². The monoisotopic (exact) mass is 295 g/mol. The average Bonchev–Trinajstić information content (AvgIpc) is 3.00. The van der Waals surface area contributed by atoms with Crippen LogP contribution in [0.2, 0.25) is 0 Å². The number of carbonyl (C=O) groups excluding carboxylic acids is 1. The summed E-state index contributed by atoms with van der Waals surface area (Å²) in [4.78, 5) is 12.5. The van der Waals surface area contributed by atoms with Gasteiger partial charge in [-0.2, -0.15) is 5.10 Å². The summed E-state index contributed by atoms with van der Waals surface area (Å²) < 4.78 is 6.78. The smallest absolute Gasteiger partial charge is 0.191 e. The maximum atomic E-state index is 11.7. The van der Waals surface area contributed by atoms with E-state index in [0.29, 0.717) is 23.7 Å². The third kappa shape index (κ3) is 2.74. The number of nitrogens with zero attached hydrogens (tertiary/aromatic N) is 2. The van der Waals surface area contributed by atoms with Crippen molar-refractivity contribution in [3.8, 4) is 10.6 Å². The van der Waals surface area contributed by atoms with Crippen LogP contribution in [-0.2, 0) is 11.3 Å². The first kappa shape index (κ1) is 14.7. The quantitative estimate of drug-likeness (QED) is 0.784. The highest BCUT2D eigenvalue weighted by Crippen LogP contribution is 2.37. The van der Waals surface area contributed by atoms with Crippen molar-refractivity contribution in [1.29, 1.82) is 0 Å². The Morgan fingerprint density at radius 1 is 1.60 bits per heavy atom. The SMILES string of the molecule is COCCn1ccc(-c2sc(N)c(C(=O)CO)c2C)n1. The normalized spacial score (nSPS) is 10.9. The molecule has 0 aliphatic rings. The van der Waals surface area contributed by atoms with Gasteiger partial charge in [-0.3, -0.25) is 9.48 Å². The molecule has 0 saturated carbocycles. The number of aromatic nitrogens is 2. The molecule has 6 nitrogen and oxygen atoms in total. The topological polar surface area (TPSA) is 90.4 Å². The second kappa shape index (κ2) is 6.17. The van der Waals surface area contributed by atoms with Crippen molar-refractivity contribution >= 4 is 22.1 Å². The molecule has 7 heteroatoms. The van der Waals surface area contributed by atoms with Crippen LogP contribution in [-0.4, -0.2) is 41.0 Å². The molecule has 20 heavy (non-hydrogen) atoms. The molecule has 3 N–H and O–H groups in total. The van der Waals surface area contributed by atoms with Crippen molar-refractivity contribution in [2.45, 2.75) is 13.5 Å². The molecule has 0 fully saturated rings. The second-order valence-corrected chi connectivity index (χ2v) is 5.39. The number of Topliss-reactive ketones (excluding diaryl/α,β-unsaturated/α-hetero) is 1. The van der Waals surface area contributed by atoms with E-state index in [2.05, 4.69) is 5.10 Å². The minimum absolute atomic E-state index is 0.360. The van der Waals surface area contributed by atoms with E-state index in [0.717, 1.165) is 16.1 Å². The molecule has 2 heterocycles. The number of ether oxygens (including phenoxy) is 1. The third-order valence-corrected chi connectivity index (χ3v) is 4.14. The Morgan fingerprint density at radius 3 is 3.00 bits per heavy atom. The van der Waals surface area contributed by atoms with Gasteiger partial charge in [-0.25, -0.2) is 0 Å². The van der Waals surface area contributed by atoms with Crippen molar-refractivity contribution in [2.24, 2.45) is 0 Å². The van der Waals surface area contributed by atoms with Crippen molar-refractivity contribution in [1.82, 2.24) is 9.78 Å². The summed E-state index contributed by atoms with van der Waals surface area (Å²) in [5, 5.41) is 13.8. The Bertz CT molecular complexity index is 618. The maximum absolute atomic E-state index is 11.7. The summed E-state index contributed by atoms with van der Waals surface area (Å²) in [6.45, 7) is 2.53. The Labute approximate surface area is 120 Å². The summed E-state index contributed by atoms with van der Waals surface area (Å²) >= 11 is 1.31. The van der Waals surface area contributed by atoms with Crippen LogP contribution in [0, 0.1) is 6.92 Å². The standard InChI is InChI=1S/C13H17N3O3S/c1-8-11(10(18)7-17)13(14)20-12(8)9-3-4-16(15-9)5-6-19-2/h3-4,17H,5-7,14H2,1-2H3. The van der Waals surface area contributed by atoms with Gasteiger partial charge >= 0.3 is 0 Å². The summed E-state index contributed by atoms with van der Waals surface area (Å²) in [6.07, 6.45) is 1.86. The van der Waals surface area contributed by atoms with Gasteiger partial charge < -0.3 is 15.6 Å². The summed E-state index contributed by atoms with van der Waals surface area (Å²) in [5.74, 6) is -0.360. The number of thiophene rings is 1. The maximum Gasteiger partial charge on any atom is 0.191 e. The summed E-state index contributed by atoms with van der Waals surface area (Å²) in [5.41, 5.74) is 7.81. The van der Waals surface area contributed by atoms with Crippen LogP contribution in [0.15, 0.2) is 12.3 Å². The highest BCUT2D eigenvalue weighted by atomic mass is 32.1. The van der Waals surface area contributed by atoms with Crippen molar-refractivity contribution in [3.63, 3.8) is 0 Å². The molecule has 0 radical (unpaired) electrons. The van der Waals surface area contributed by atoms with Crippen LogP contribution in [0.3, 0.4) is 0 Å². The first-order chi connectivity index (χ1) is 9.58. The number of aliphatic hydroxyl groups is 1. The number of rotatable bonds is 6. The zero-order valence-electron chi connectivity index (χ0n) is 11.4. The van der Waals surface area contributed by atoms with E-state index < -0.39 is 6.61 Å². The molecule has 0 amide bonds. The lowest BCUT2D eigenvalue weighted by atomic mass is 10.1. The van der Waals surface area contributed by atoms with E-state index in [9.17, 15) is 4.79 Å². The molecule has 2 rings (SSSR count). The van der Waals surface area contributed by atoms with E-state index in [4.69, 9.17) is 15.6 Å². The van der Waals surface area contributed by atoms with Gasteiger partial charge in [-0.15, -0.1) is 11.3 Å². The van der Waals surface area contributed by atoms with Gasteiger partial charge in [0.25, 0.3) is 0 Å². The molecule has 108 valence electrons. The number of hydrogen-bond donors (Lipinski definition) is 2. The predicted octanol–water partition coefficient (Wildman–Crippen LogP) is 1.32. The van der Waals surface area contributed by atoms with Gasteiger partial charge in [0, 0.05) is 13.3 Å². The minimum Gasteiger partial charge on any atom is -0.390 e. The molecular weight excluding hydrogens is 278 g/mol. The predicted molar refractivity (Wildman–Crippen MR) is 78.0 cm³/mol. The van der Waals surface area contributed by atoms with Crippen LogP contribution in [0.4, 0.5) is 5.00 Å². The summed E-state index contributed by atoms with van der Waals surface area (Å²) in [6, 6.07) is 1.88. The molecule has 2 aromatic rings. The Balaban J connectivity index is 2.34. The molecule has 0 aromatic carbocycles. The van der Waals surface area contributed by atoms with E-state index >= 15 is 0 Å². The van der Waals surface area contributed by atoms with Crippen LogP contribution >= 0.6 is 11.3 Å². The lowest BCUT2D eigenvalue weighted by molar-refractivity contribution is 0.0904. The molecule has 0 aliphatic heterocycles. The Hall–Kier alpha value is -1.70. The van der Waals surface area contributed by atoms with Crippen LogP contribution < -0.4 is 5.73 Å². The van der Waals surface area contributed by atoms with E-state index in [1.165, 1.54) is 11.3 Å². The number of methoxy groups -OCH3 is 1. The van der Waals surface area contributed by atoms with Crippen molar-refractivity contribution < 1.29 is 14.6 Å². The molecule has 0 spiro atoms. The Kier molecular flexibility index (Phi) is 4.53. The van der Waals surface area contributed by atoms with Gasteiger partial charge in [-0.05, 0) is 18.6 Å². The lowest BCUT2D eigenvalue weighted by Gasteiger charge is -2.00. The fourth-order valence-electron chi connectivity index (χ4n) is 2.00. The van der Waals surface area contributed by atoms with E-state index in [1.807, 2.05) is 19.2 Å².